The van der Waals surface area contributed by atoms with Crippen LogP contribution in [0.3, 0.4) is 0 Å². The van der Waals surface area contributed by atoms with Crippen molar-refractivity contribution in [1.82, 2.24) is 9.55 Å². The van der Waals surface area contributed by atoms with E-state index in [0.29, 0.717) is 0 Å². The van der Waals surface area contributed by atoms with Crippen LogP contribution in [0.25, 0.3) is 11.0 Å². The van der Waals surface area contributed by atoms with Gasteiger partial charge < -0.3 is 9.67 Å². The van der Waals surface area contributed by atoms with Crippen molar-refractivity contribution in [3.05, 3.63) is 30.1 Å². The topological polar surface area (TPSA) is 38.1 Å². The number of hydrogen-bond donors (Lipinski definition) is 1. The number of fused-ring (bicyclic) bond motifs is 1. The molecule has 3 rings (SSSR count). The van der Waals surface area contributed by atoms with Gasteiger partial charge in [0, 0.05) is 6.54 Å². The molecule has 1 aromatic carbocycles. The normalized spacial score (nSPS) is 18.2. The number of aliphatic hydroxyl groups excluding tert-OH is 1. The highest BCUT2D eigenvalue weighted by molar-refractivity contribution is 5.76. The van der Waals surface area contributed by atoms with Crippen LogP contribution in [0.4, 0.5) is 0 Å². The molecule has 0 aliphatic heterocycles. The molecule has 2 aromatic rings. The van der Waals surface area contributed by atoms with Gasteiger partial charge in [0.25, 0.3) is 0 Å². The molecule has 0 radical (unpaired) electrons. The summed E-state index contributed by atoms with van der Waals surface area (Å²) in [6, 6.07) is 8.27. The van der Waals surface area contributed by atoms with E-state index in [1.54, 1.807) is 0 Å². The molecular formula is C18H26N2O. The maximum absolute atomic E-state index is 10.4. The molecule has 3 heteroatoms. The maximum Gasteiger partial charge on any atom is 0.138 e. The number of rotatable bonds is 5. The van der Waals surface area contributed by atoms with Crippen molar-refractivity contribution >= 4 is 11.0 Å². The highest BCUT2D eigenvalue weighted by Gasteiger charge is 2.21. The van der Waals surface area contributed by atoms with E-state index in [4.69, 9.17) is 4.98 Å². The second-order valence-corrected chi connectivity index (χ2v) is 6.38. The number of aliphatic hydroxyl groups is 1. The van der Waals surface area contributed by atoms with Gasteiger partial charge in [0.1, 0.15) is 11.9 Å². The highest BCUT2D eigenvalue weighted by atomic mass is 16.3. The number of hydrogen-bond acceptors (Lipinski definition) is 2. The molecule has 1 saturated carbocycles. The van der Waals surface area contributed by atoms with Gasteiger partial charge in [0.05, 0.1) is 11.0 Å². The molecule has 0 amide bonds. The van der Waals surface area contributed by atoms with Crippen LogP contribution in [0.5, 0.6) is 0 Å². The van der Waals surface area contributed by atoms with Gasteiger partial charge in [-0.25, -0.2) is 4.98 Å². The molecule has 1 N–H and O–H groups in total. The molecule has 3 nitrogen and oxygen atoms in total. The zero-order valence-electron chi connectivity index (χ0n) is 13.0. The van der Waals surface area contributed by atoms with Gasteiger partial charge in [-0.2, -0.15) is 0 Å². The summed E-state index contributed by atoms with van der Waals surface area (Å²) in [5.41, 5.74) is 2.19. The van der Waals surface area contributed by atoms with Crippen molar-refractivity contribution in [3.8, 4) is 0 Å². The van der Waals surface area contributed by atoms with Gasteiger partial charge in [0.2, 0.25) is 0 Å². The van der Waals surface area contributed by atoms with Gasteiger partial charge in [-0.05, 0) is 37.3 Å². The van der Waals surface area contributed by atoms with Gasteiger partial charge in [-0.3, -0.25) is 0 Å². The minimum atomic E-state index is -0.439. The Morgan fingerprint density at radius 3 is 2.76 bits per heavy atom. The molecule has 114 valence electrons. The molecule has 0 saturated heterocycles. The predicted molar refractivity (Wildman–Crippen MR) is 86.2 cm³/mol. The Morgan fingerprint density at radius 1 is 1.24 bits per heavy atom. The first-order valence-electron chi connectivity index (χ1n) is 8.42. The zero-order chi connectivity index (χ0) is 14.7. The summed E-state index contributed by atoms with van der Waals surface area (Å²) >= 11 is 0. The zero-order valence-corrected chi connectivity index (χ0v) is 13.0. The molecule has 0 bridgehead atoms. The third-order valence-electron chi connectivity index (χ3n) is 4.71. The van der Waals surface area contributed by atoms with Crippen molar-refractivity contribution < 1.29 is 5.11 Å². The van der Waals surface area contributed by atoms with Gasteiger partial charge in [0.15, 0.2) is 0 Å². The average Bonchev–Trinajstić information content (AvgIpc) is 2.88. The Morgan fingerprint density at radius 2 is 2.00 bits per heavy atom. The summed E-state index contributed by atoms with van der Waals surface area (Å²) in [7, 11) is 0. The minimum Gasteiger partial charge on any atom is -0.385 e. The summed E-state index contributed by atoms with van der Waals surface area (Å²) in [4.78, 5) is 4.71. The summed E-state index contributed by atoms with van der Waals surface area (Å²) < 4.78 is 2.28. The Kier molecular flexibility index (Phi) is 4.59. The van der Waals surface area contributed by atoms with Crippen LogP contribution in [-0.2, 0) is 6.54 Å². The van der Waals surface area contributed by atoms with Crippen LogP contribution in [-0.4, -0.2) is 14.7 Å². The SMILES string of the molecule is CCC[C@H](O)c1nc2ccccc2n1CC1CCCCC1. The van der Waals surface area contributed by atoms with E-state index in [1.165, 1.54) is 37.6 Å². The van der Waals surface area contributed by atoms with Gasteiger partial charge in [-0.15, -0.1) is 0 Å². The Bertz CT molecular complexity index is 584. The van der Waals surface area contributed by atoms with Crippen LogP contribution < -0.4 is 0 Å². The predicted octanol–water partition coefficient (Wildman–Crippen LogP) is 4.45. The number of para-hydroxylation sites is 2. The van der Waals surface area contributed by atoms with Crippen LogP contribution in [0.1, 0.15) is 63.8 Å². The van der Waals surface area contributed by atoms with E-state index in [2.05, 4.69) is 29.7 Å². The minimum absolute atomic E-state index is 0.439. The molecule has 21 heavy (non-hydrogen) atoms. The highest BCUT2D eigenvalue weighted by Crippen LogP contribution is 2.29. The molecule has 1 aromatic heterocycles. The first-order chi connectivity index (χ1) is 10.3. The van der Waals surface area contributed by atoms with Crippen molar-refractivity contribution in [2.75, 3.05) is 0 Å². The number of nitrogens with zero attached hydrogens (tertiary/aromatic N) is 2. The smallest absolute Gasteiger partial charge is 0.138 e. The lowest BCUT2D eigenvalue weighted by molar-refractivity contribution is 0.150. The standard InChI is InChI=1S/C18H26N2O/c1-2-8-17(21)18-19-15-11-6-7-12-16(15)20(18)13-14-9-4-3-5-10-14/h6-7,11-12,14,17,21H,2-5,8-10,13H2,1H3/t17-/m0/s1. The molecule has 0 unspecified atom stereocenters. The van der Waals surface area contributed by atoms with Crippen molar-refractivity contribution in [2.45, 2.75) is 64.5 Å². The fourth-order valence-electron chi connectivity index (χ4n) is 3.57. The van der Waals surface area contributed by atoms with E-state index in [-0.39, 0.29) is 0 Å². The van der Waals surface area contributed by atoms with Crippen molar-refractivity contribution in [3.63, 3.8) is 0 Å². The van der Waals surface area contributed by atoms with Crippen molar-refractivity contribution in [1.29, 1.82) is 0 Å². The lowest BCUT2D eigenvalue weighted by Crippen LogP contribution is -2.17. The molecule has 1 aliphatic carbocycles. The Hall–Kier alpha value is -1.35. The van der Waals surface area contributed by atoms with E-state index in [0.717, 1.165) is 36.6 Å². The monoisotopic (exact) mass is 286 g/mol. The van der Waals surface area contributed by atoms with Crippen molar-refractivity contribution in [2.24, 2.45) is 5.92 Å². The largest absolute Gasteiger partial charge is 0.385 e. The lowest BCUT2D eigenvalue weighted by Gasteiger charge is -2.24. The summed E-state index contributed by atoms with van der Waals surface area (Å²) in [6.45, 7) is 3.12. The van der Waals surface area contributed by atoms with E-state index in [1.807, 2.05) is 6.07 Å². The Labute approximate surface area is 127 Å². The van der Waals surface area contributed by atoms with Crippen LogP contribution in [0.2, 0.25) is 0 Å². The molecule has 1 heterocycles. The van der Waals surface area contributed by atoms with Gasteiger partial charge >= 0.3 is 0 Å². The molecule has 1 fully saturated rings. The third-order valence-corrected chi connectivity index (χ3v) is 4.71. The van der Waals surface area contributed by atoms with E-state index >= 15 is 0 Å². The second kappa shape index (κ2) is 6.61. The molecule has 1 aliphatic rings. The number of benzene rings is 1. The quantitative estimate of drug-likeness (QED) is 0.881. The van der Waals surface area contributed by atoms with Crippen LogP contribution >= 0.6 is 0 Å². The number of aromatic nitrogens is 2. The van der Waals surface area contributed by atoms with Crippen LogP contribution in [0.15, 0.2) is 24.3 Å². The first-order valence-corrected chi connectivity index (χ1v) is 8.42. The molecular weight excluding hydrogens is 260 g/mol. The summed E-state index contributed by atoms with van der Waals surface area (Å²) in [5, 5.41) is 10.4. The molecule has 1 atom stereocenters. The molecule has 0 spiro atoms. The lowest BCUT2D eigenvalue weighted by atomic mass is 9.89. The van der Waals surface area contributed by atoms with E-state index < -0.39 is 6.10 Å². The Balaban J connectivity index is 1.94. The summed E-state index contributed by atoms with van der Waals surface area (Å²) in [5.74, 6) is 1.60. The number of imidazole rings is 1. The van der Waals surface area contributed by atoms with Crippen LogP contribution in [0, 0.1) is 5.92 Å². The van der Waals surface area contributed by atoms with Gasteiger partial charge in [-0.1, -0.05) is 44.7 Å². The first kappa shape index (κ1) is 14.6. The fourth-order valence-corrected chi connectivity index (χ4v) is 3.57. The van der Waals surface area contributed by atoms with E-state index in [9.17, 15) is 5.11 Å². The fraction of sp³-hybridized carbons (Fsp3) is 0.611. The summed E-state index contributed by atoms with van der Waals surface area (Å²) in [6.07, 6.45) is 8.04. The second-order valence-electron chi connectivity index (χ2n) is 6.38. The third kappa shape index (κ3) is 3.13. The maximum atomic E-state index is 10.4. The average molecular weight is 286 g/mol.